The number of aliphatic hydroxyl groups excluding tert-OH is 1. The van der Waals surface area contributed by atoms with Gasteiger partial charge in [-0.05, 0) is 49.1 Å². The molecule has 19 heavy (non-hydrogen) atoms. The summed E-state index contributed by atoms with van der Waals surface area (Å²) in [5.74, 6) is 0.521. The highest BCUT2D eigenvalue weighted by atomic mass is 35.5. The van der Waals surface area contributed by atoms with Crippen LogP contribution in [-0.4, -0.2) is 11.2 Å². The fourth-order valence-corrected chi connectivity index (χ4v) is 3.42. The molecule has 3 atom stereocenters. The van der Waals surface area contributed by atoms with Gasteiger partial charge in [0, 0.05) is 0 Å². The van der Waals surface area contributed by atoms with Crippen LogP contribution in [0.1, 0.15) is 44.6 Å². The van der Waals surface area contributed by atoms with E-state index in [0.717, 1.165) is 19.3 Å². The first-order valence-electron chi connectivity index (χ1n) is 7.22. The van der Waals surface area contributed by atoms with E-state index in [9.17, 15) is 9.50 Å². The molecule has 1 saturated carbocycles. The summed E-state index contributed by atoms with van der Waals surface area (Å²) in [6.07, 6.45) is 5.63. The third kappa shape index (κ3) is 3.70. The standard InChI is InChI=1S/C16H22ClFO/c1-2-4-11-7-8-15(19)13(9-11)10-12-5-3-6-14(17)16(12)18/h3,5-6,11,13,15,19H,2,4,7-10H2,1H3. The summed E-state index contributed by atoms with van der Waals surface area (Å²) in [4.78, 5) is 0. The Morgan fingerprint density at radius 1 is 1.37 bits per heavy atom. The maximum absolute atomic E-state index is 13.9. The van der Waals surface area contributed by atoms with Crippen molar-refractivity contribution in [3.8, 4) is 0 Å². The first kappa shape index (κ1) is 14.8. The summed E-state index contributed by atoms with van der Waals surface area (Å²) in [6.45, 7) is 2.19. The molecule has 0 bridgehead atoms. The summed E-state index contributed by atoms with van der Waals surface area (Å²) in [5, 5.41) is 10.3. The summed E-state index contributed by atoms with van der Waals surface area (Å²) in [7, 11) is 0. The van der Waals surface area contributed by atoms with Crippen molar-refractivity contribution in [2.75, 3.05) is 0 Å². The van der Waals surface area contributed by atoms with Crippen LogP contribution in [0.4, 0.5) is 4.39 Å². The second-order valence-corrected chi connectivity index (χ2v) is 6.12. The zero-order valence-corrected chi connectivity index (χ0v) is 12.2. The second kappa shape index (κ2) is 6.71. The van der Waals surface area contributed by atoms with Gasteiger partial charge in [0.25, 0.3) is 0 Å². The van der Waals surface area contributed by atoms with Gasteiger partial charge >= 0.3 is 0 Å². The molecule has 0 amide bonds. The monoisotopic (exact) mass is 284 g/mol. The lowest BCUT2D eigenvalue weighted by atomic mass is 9.75. The Balaban J connectivity index is 2.05. The maximum Gasteiger partial charge on any atom is 0.144 e. The highest BCUT2D eigenvalue weighted by Gasteiger charge is 2.29. The molecule has 1 aliphatic carbocycles. The second-order valence-electron chi connectivity index (χ2n) is 5.71. The van der Waals surface area contributed by atoms with E-state index in [2.05, 4.69) is 6.92 Å². The van der Waals surface area contributed by atoms with Gasteiger partial charge < -0.3 is 5.11 Å². The van der Waals surface area contributed by atoms with E-state index in [-0.39, 0.29) is 22.9 Å². The Morgan fingerprint density at radius 2 is 2.16 bits per heavy atom. The summed E-state index contributed by atoms with van der Waals surface area (Å²) in [5.41, 5.74) is 0.633. The molecule has 0 radical (unpaired) electrons. The molecule has 3 heteroatoms. The average Bonchev–Trinajstić information content (AvgIpc) is 2.39. The fourth-order valence-electron chi connectivity index (χ4n) is 3.22. The molecule has 3 unspecified atom stereocenters. The van der Waals surface area contributed by atoms with Gasteiger partial charge in [0.15, 0.2) is 0 Å². The molecule has 106 valence electrons. The van der Waals surface area contributed by atoms with E-state index in [1.165, 1.54) is 12.8 Å². The molecule has 1 aromatic carbocycles. The van der Waals surface area contributed by atoms with Crippen LogP contribution in [0.15, 0.2) is 18.2 Å². The van der Waals surface area contributed by atoms with Gasteiger partial charge in [0.05, 0.1) is 11.1 Å². The molecule has 0 aromatic heterocycles. The zero-order chi connectivity index (χ0) is 13.8. The van der Waals surface area contributed by atoms with Crippen LogP contribution in [0.3, 0.4) is 0 Å². The zero-order valence-electron chi connectivity index (χ0n) is 11.4. The largest absolute Gasteiger partial charge is 0.393 e. The highest BCUT2D eigenvalue weighted by Crippen LogP contribution is 2.35. The van der Waals surface area contributed by atoms with Crippen LogP contribution >= 0.6 is 11.6 Å². The van der Waals surface area contributed by atoms with Crippen molar-refractivity contribution in [2.45, 2.75) is 51.6 Å². The Bertz CT molecular complexity index is 421. The van der Waals surface area contributed by atoms with Gasteiger partial charge in [-0.25, -0.2) is 4.39 Å². The van der Waals surface area contributed by atoms with E-state index < -0.39 is 0 Å². The van der Waals surface area contributed by atoms with Crippen molar-refractivity contribution in [3.63, 3.8) is 0 Å². The van der Waals surface area contributed by atoms with Gasteiger partial charge in [-0.15, -0.1) is 0 Å². The van der Waals surface area contributed by atoms with E-state index in [1.54, 1.807) is 18.2 Å². The van der Waals surface area contributed by atoms with Crippen molar-refractivity contribution < 1.29 is 9.50 Å². The number of aliphatic hydroxyl groups is 1. The fraction of sp³-hybridized carbons (Fsp3) is 0.625. The van der Waals surface area contributed by atoms with E-state index in [1.807, 2.05) is 0 Å². The molecule has 0 aliphatic heterocycles. The normalized spacial score (nSPS) is 27.5. The van der Waals surface area contributed by atoms with Crippen molar-refractivity contribution in [1.82, 2.24) is 0 Å². The third-order valence-corrected chi connectivity index (χ3v) is 4.55. The Kier molecular flexibility index (Phi) is 5.23. The van der Waals surface area contributed by atoms with Crippen LogP contribution in [0, 0.1) is 17.7 Å². The first-order chi connectivity index (χ1) is 9.11. The lowest BCUT2D eigenvalue weighted by Crippen LogP contribution is -2.30. The third-order valence-electron chi connectivity index (χ3n) is 4.26. The van der Waals surface area contributed by atoms with Gasteiger partial charge in [0.1, 0.15) is 5.82 Å². The van der Waals surface area contributed by atoms with Crippen LogP contribution < -0.4 is 0 Å². The lowest BCUT2D eigenvalue weighted by molar-refractivity contribution is 0.0459. The van der Waals surface area contributed by atoms with Crippen molar-refractivity contribution in [3.05, 3.63) is 34.6 Å². The number of hydrogen-bond acceptors (Lipinski definition) is 1. The maximum atomic E-state index is 13.9. The lowest BCUT2D eigenvalue weighted by Gasteiger charge is -2.33. The van der Waals surface area contributed by atoms with E-state index in [4.69, 9.17) is 11.6 Å². The predicted octanol–water partition coefficient (Wildman–Crippen LogP) is 4.60. The first-order valence-corrected chi connectivity index (χ1v) is 7.60. The Morgan fingerprint density at radius 3 is 2.89 bits per heavy atom. The minimum absolute atomic E-state index is 0.165. The molecule has 0 heterocycles. The van der Waals surface area contributed by atoms with Gasteiger partial charge in [0.2, 0.25) is 0 Å². The Hall–Kier alpha value is -0.600. The molecule has 1 N–H and O–H groups in total. The molecular formula is C16H22ClFO. The molecule has 0 saturated heterocycles. The highest BCUT2D eigenvalue weighted by molar-refractivity contribution is 6.30. The SMILES string of the molecule is CCCC1CCC(O)C(Cc2cccc(Cl)c2F)C1. The predicted molar refractivity (Wildman–Crippen MR) is 76.9 cm³/mol. The molecule has 2 rings (SSSR count). The quantitative estimate of drug-likeness (QED) is 0.857. The van der Waals surface area contributed by atoms with E-state index in [0.29, 0.717) is 17.9 Å². The summed E-state index contributed by atoms with van der Waals surface area (Å²) < 4.78 is 13.9. The molecule has 1 fully saturated rings. The Labute approximate surface area is 119 Å². The van der Waals surface area contributed by atoms with E-state index >= 15 is 0 Å². The van der Waals surface area contributed by atoms with Crippen LogP contribution in [-0.2, 0) is 6.42 Å². The molecule has 1 aliphatic rings. The number of hydrogen-bond donors (Lipinski definition) is 1. The van der Waals surface area contributed by atoms with Crippen LogP contribution in [0.5, 0.6) is 0 Å². The van der Waals surface area contributed by atoms with Crippen LogP contribution in [0.2, 0.25) is 5.02 Å². The van der Waals surface area contributed by atoms with Gasteiger partial charge in [-0.3, -0.25) is 0 Å². The van der Waals surface area contributed by atoms with Gasteiger partial charge in [-0.2, -0.15) is 0 Å². The minimum Gasteiger partial charge on any atom is -0.393 e. The van der Waals surface area contributed by atoms with Crippen molar-refractivity contribution >= 4 is 11.6 Å². The topological polar surface area (TPSA) is 20.2 Å². The van der Waals surface area contributed by atoms with Crippen LogP contribution in [0.25, 0.3) is 0 Å². The summed E-state index contributed by atoms with van der Waals surface area (Å²) in [6, 6.07) is 5.12. The number of rotatable bonds is 4. The molecular weight excluding hydrogens is 263 g/mol. The van der Waals surface area contributed by atoms with Gasteiger partial charge in [-0.1, -0.05) is 43.5 Å². The molecule has 1 aromatic rings. The number of benzene rings is 1. The average molecular weight is 285 g/mol. The molecule has 0 spiro atoms. The minimum atomic E-state index is -0.325. The summed E-state index contributed by atoms with van der Waals surface area (Å²) >= 11 is 5.81. The number of halogens is 2. The smallest absolute Gasteiger partial charge is 0.144 e. The van der Waals surface area contributed by atoms with Crippen molar-refractivity contribution in [1.29, 1.82) is 0 Å². The molecule has 1 nitrogen and oxygen atoms in total. The van der Waals surface area contributed by atoms with Crippen molar-refractivity contribution in [2.24, 2.45) is 11.8 Å².